The van der Waals surface area contributed by atoms with Gasteiger partial charge in [-0.05, 0) is 57.8 Å². The number of hydrogen-bond donors (Lipinski definition) is 0. The molecule has 0 aliphatic heterocycles. The van der Waals surface area contributed by atoms with Crippen LogP contribution in [0.5, 0.6) is 0 Å². The van der Waals surface area contributed by atoms with Gasteiger partial charge >= 0.3 is 0 Å². The Morgan fingerprint density at radius 3 is 1.12 bits per heavy atom. The highest BCUT2D eigenvalue weighted by Crippen LogP contribution is 2.52. The molecular formula is C17H26. The van der Waals surface area contributed by atoms with E-state index in [4.69, 9.17) is 0 Å². The molecule has 0 amide bonds. The maximum atomic E-state index is 4.18. The monoisotopic (exact) mass is 230 g/mol. The summed E-state index contributed by atoms with van der Waals surface area (Å²) >= 11 is 0. The van der Waals surface area contributed by atoms with Crippen LogP contribution in [-0.4, -0.2) is 0 Å². The number of hydrogen-bond acceptors (Lipinski definition) is 0. The highest BCUT2D eigenvalue weighted by atomic mass is 14.5. The van der Waals surface area contributed by atoms with Gasteiger partial charge in [-0.25, -0.2) is 0 Å². The molecule has 0 heterocycles. The van der Waals surface area contributed by atoms with Gasteiger partial charge in [0.05, 0.1) is 0 Å². The van der Waals surface area contributed by atoms with Crippen LogP contribution in [0.25, 0.3) is 0 Å². The Bertz CT molecular complexity index is 333. The van der Waals surface area contributed by atoms with Gasteiger partial charge in [0.15, 0.2) is 0 Å². The second kappa shape index (κ2) is 5.08. The summed E-state index contributed by atoms with van der Waals surface area (Å²) in [5.41, 5.74) is 5.06. The van der Waals surface area contributed by atoms with Gasteiger partial charge < -0.3 is 0 Å². The van der Waals surface area contributed by atoms with E-state index in [2.05, 4.69) is 54.0 Å². The van der Waals surface area contributed by atoms with Crippen molar-refractivity contribution in [2.45, 2.75) is 34.1 Å². The Labute approximate surface area is 107 Å². The average molecular weight is 230 g/mol. The lowest BCUT2D eigenvalue weighted by molar-refractivity contribution is 0.410. The van der Waals surface area contributed by atoms with E-state index >= 15 is 0 Å². The molecule has 17 heavy (non-hydrogen) atoms. The fraction of sp³-hybridized carbons (Fsp3) is 0.529. The maximum absolute atomic E-state index is 4.18. The molecular weight excluding hydrogens is 204 g/mol. The molecule has 0 aromatic heterocycles. The molecule has 0 heteroatoms. The first-order valence-corrected chi connectivity index (χ1v) is 6.39. The zero-order chi connectivity index (χ0) is 13.3. The van der Waals surface area contributed by atoms with E-state index in [1.807, 2.05) is 0 Å². The largest absolute Gasteiger partial charge is 0.0998 e. The van der Waals surface area contributed by atoms with Crippen molar-refractivity contribution in [3.05, 3.63) is 48.6 Å². The molecule has 0 radical (unpaired) electrons. The molecule has 0 N–H and O–H groups in total. The van der Waals surface area contributed by atoms with Gasteiger partial charge in [0.1, 0.15) is 0 Å². The van der Waals surface area contributed by atoms with E-state index in [9.17, 15) is 0 Å². The van der Waals surface area contributed by atoms with E-state index in [-0.39, 0.29) is 0 Å². The van der Waals surface area contributed by atoms with Crippen molar-refractivity contribution in [1.82, 2.24) is 0 Å². The third-order valence-electron chi connectivity index (χ3n) is 4.17. The molecule has 1 fully saturated rings. The van der Waals surface area contributed by atoms with E-state index < -0.39 is 0 Å². The normalized spacial score (nSPS) is 32.2. The summed E-state index contributed by atoms with van der Waals surface area (Å²) in [4.78, 5) is 0. The zero-order valence-corrected chi connectivity index (χ0v) is 11.8. The molecule has 0 nitrogen and oxygen atoms in total. The third-order valence-corrected chi connectivity index (χ3v) is 4.17. The summed E-state index contributed by atoms with van der Waals surface area (Å²) in [6, 6.07) is 0. The number of rotatable bonds is 4. The summed E-state index contributed by atoms with van der Waals surface area (Å²) in [5.74, 6) is 2.06. The van der Waals surface area contributed by atoms with E-state index in [1.165, 1.54) is 22.3 Å². The van der Waals surface area contributed by atoms with Crippen LogP contribution < -0.4 is 0 Å². The predicted molar refractivity (Wildman–Crippen MR) is 77.8 cm³/mol. The molecule has 1 aliphatic rings. The van der Waals surface area contributed by atoms with Crippen molar-refractivity contribution in [3.8, 4) is 0 Å². The first kappa shape index (κ1) is 14.0. The summed E-state index contributed by atoms with van der Waals surface area (Å²) in [6.45, 7) is 25.2. The molecule has 1 rings (SSSR count). The van der Waals surface area contributed by atoms with Crippen molar-refractivity contribution < 1.29 is 0 Å². The molecule has 4 atom stereocenters. The van der Waals surface area contributed by atoms with Crippen molar-refractivity contribution in [2.75, 3.05) is 0 Å². The minimum Gasteiger partial charge on any atom is -0.0998 e. The quantitative estimate of drug-likeness (QED) is 0.585. The summed E-state index contributed by atoms with van der Waals surface area (Å²) in [5, 5.41) is 0. The molecule has 0 aromatic rings. The second-order valence-corrected chi connectivity index (χ2v) is 5.89. The van der Waals surface area contributed by atoms with Crippen LogP contribution in [0.3, 0.4) is 0 Å². The maximum Gasteiger partial charge on any atom is -0.00719 e. The summed E-state index contributed by atoms with van der Waals surface area (Å²) < 4.78 is 0. The SMILES string of the molecule is C=C(C)C1CC(C(=C)C)C(C(=C)C)C1C(=C)C. The van der Waals surface area contributed by atoms with Gasteiger partial charge in [-0.3, -0.25) is 0 Å². The van der Waals surface area contributed by atoms with E-state index in [0.29, 0.717) is 23.7 Å². The Morgan fingerprint density at radius 1 is 0.647 bits per heavy atom. The van der Waals surface area contributed by atoms with Gasteiger partial charge in [-0.2, -0.15) is 0 Å². The fourth-order valence-electron chi connectivity index (χ4n) is 3.38. The van der Waals surface area contributed by atoms with Crippen LogP contribution >= 0.6 is 0 Å². The lowest BCUT2D eigenvalue weighted by Crippen LogP contribution is -2.20. The van der Waals surface area contributed by atoms with Crippen molar-refractivity contribution >= 4 is 0 Å². The average Bonchev–Trinajstić information content (AvgIpc) is 2.56. The molecule has 1 aliphatic carbocycles. The van der Waals surface area contributed by atoms with Gasteiger partial charge in [-0.1, -0.05) is 48.6 Å². The summed E-state index contributed by atoms with van der Waals surface area (Å²) in [6.07, 6.45) is 1.15. The van der Waals surface area contributed by atoms with Gasteiger partial charge in [0.25, 0.3) is 0 Å². The van der Waals surface area contributed by atoms with Crippen LogP contribution in [-0.2, 0) is 0 Å². The summed E-state index contributed by atoms with van der Waals surface area (Å²) in [7, 11) is 0. The molecule has 0 aromatic carbocycles. The smallest absolute Gasteiger partial charge is 0.00719 e. The lowest BCUT2D eigenvalue weighted by Gasteiger charge is -2.28. The van der Waals surface area contributed by atoms with Crippen LogP contribution in [0, 0.1) is 23.7 Å². The standard InChI is InChI=1S/C17H26/c1-10(2)14-9-15(11(3)4)17(13(7)8)16(14)12(5)6/h14-17H,1,3,5,7,9H2,2,4,6,8H3. The van der Waals surface area contributed by atoms with Crippen LogP contribution in [0.4, 0.5) is 0 Å². The Hall–Kier alpha value is -1.04. The highest BCUT2D eigenvalue weighted by Gasteiger charge is 2.43. The Kier molecular flexibility index (Phi) is 4.19. The minimum absolute atomic E-state index is 0.492. The van der Waals surface area contributed by atoms with Crippen molar-refractivity contribution in [3.63, 3.8) is 0 Å². The second-order valence-electron chi connectivity index (χ2n) is 5.89. The lowest BCUT2D eigenvalue weighted by atomic mass is 9.76. The third kappa shape index (κ3) is 2.62. The number of allylic oxidation sites excluding steroid dienone is 4. The van der Waals surface area contributed by atoms with Crippen LogP contribution in [0.2, 0.25) is 0 Å². The van der Waals surface area contributed by atoms with Gasteiger partial charge in [-0.15, -0.1) is 0 Å². The molecule has 0 saturated heterocycles. The van der Waals surface area contributed by atoms with E-state index in [1.54, 1.807) is 0 Å². The molecule has 1 saturated carbocycles. The molecule has 94 valence electrons. The first-order valence-electron chi connectivity index (χ1n) is 6.39. The van der Waals surface area contributed by atoms with Gasteiger partial charge in [0, 0.05) is 0 Å². The van der Waals surface area contributed by atoms with E-state index in [0.717, 1.165) is 6.42 Å². The van der Waals surface area contributed by atoms with Crippen molar-refractivity contribution in [1.29, 1.82) is 0 Å². The van der Waals surface area contributed by atoms with Crippen LogP contribution in [0.1, 0.15) is 34.1 Å². The first-order chi connectivity index (χ1) is 7.77. The Morgan fingerprint density at radius 2 is 0.941 bits per heavy atom. The molecule has 0 bridgehead atoms. The fourth-order valence-corrected chi connectivity index (χ4v) is 3.38. The minimum atomic E-state index is 0.492. The zero-order valence-electron chi connectivity index (χ0n) is 11.8. The van der Waals surface area contributed by atoms with Crippen LogP contribution in [0.15, 0.2) is 48.6 Å². The predicted octanol–water partition coefficient (Wildman–Crippen LogP) is 5.16. The van der Waals surface area contributed by atoms with Gasteiger partial charge in [0.2, 0.25) is 0 Å². The molecule has 0 spiro atoms. The molecule has 4 unspecified atom stereocenters. The Balaban J connectivity index is 3.17. The van der Waals surface area contributed by atoms with Crippen molar-refractivity contribution in [2.24, 2.45) is 23.7 Å². The topological polar surface area (TPSA) is 0 Å². The highest BCUT2D eigenvalue weighted by molar-refractivity contribution is 5.25.